The Kier molecular flexibility index (Phi) is 12.2. The Bertz CT molecular complexity index is 1890. The van der Waals surface area contributed by atoms with Gasteiger partial charge in [-0.15, -0.1) is 0 Å². The molecule has 0 aliphatic carbocycles. The smallest absolute Gasteiger partial charge is 0.371 e. The molecule has 0 bridgehead atoms. The maximum Gasteiger partial charge on any atom is 0.371 e. The Morgan fingerprint density at radius 1 is 0.920 bits per heavy atom. The number of aromatic nitrogens is 2. The van der Waals surface area contributed by atoms with E-state index in [1.165, 1.54) is 62.9 Å². The number of carboxylic acid groups (broad SMARTS) is 1. The van der Waals surface area contributed by atoms with E-state index in [0.29, 0.717) is 52.8 Å². The first-order valence-corrected chi connectivity index (χ1v) is 15.0. The number of carbonyl (C=O) groups is 5. The Morgan fingerprint density at radius 3 is 2.14 bits per heavy atom. The lowest BCUT2D eigenvalue weighted by Crippen LogP contribution is -2.52. The van der Waals surface area contributed by atoms with Gasteiger partial charge in [-0.05, 0) is 29.8 Å². The number of hydrogen-bond acceptors (Lipinski definition) is 10. The summed E-state index contributed by atoms with van der Waals surface area (Å²) in [6.45, 7) is 1.28. The van der Waals surface area contributed by atoms with E-state index in [1.807, 2.05) is 18.2 Å². The number of nitrogens with one attached hydrogen (secondary N) is 1. The monoisotopic (exact) mass is 691 g/mol. The van der Waals surface area contributed by atoms with Crippen LogP contribution < -0.4 is 9.47 Å². The number of aliphatic hydroxyl groups excluding tert-OH is 1. The number of rotatable bonds is 10. The number of Topliss-reactive ketones (excluding diaryl/α,β-unsaturated/α-hetero) is 1. The third-order valence-corrected chi connectivity index (χ3v) is 7.55. The number of nitrogens with zero attached hydrogens (tertiary/aromatic N) is 4. The predicted octanol–water partition coefficient (Wildman–Crippen LogP) is 2.99. The van der Waals surface area contributed by atoms with Gasteiger partial charge in [0.2, 0.25) is 11.6 Å². The van der Waals surface area contributed by atoms with Crippen LogP contribution in [0.25, 0.3) is 10.9 Å². The van der Waals surface area contributed by atoms with Crippen LogP contribution in [0.15, 0.2) is 78.8 Å². The van der Waals surface area contributed by atoms with Crippen LogP contribution in [0.1, 0.15) is 26.3 Å². The van der Waals surface area contributed by atoms with Crippen LogP contribution in [0.3, 0.4) is 0 Å². The second-order valence-electron chi connectivity index (χ2n) is 10.6. The lowest BCUT2D eigenvalue weighted by atomic mass is 10.1. The van der Waals surface area contributed by atoms with Crippen LogP contribution in [0.4, 0.5) is 4.39 Å². The number of amides is 3. The molecule has 4 aromatic rings. The number of pyridine rings is 1. The molecule has 1 fully saturated rings. The fraction of sp³-hybridized carbons (Fsp3) is 0.235. The molecule has 16 heteroatoms. The largest absolute Gasteiger partial charge is 0.502 e. The van der Waals surface area contributed by atoms with Crippen molar-refractivity contribution in [2.75, 3.05) is 47.5 Å². The summed E-state index contributed by atoms with van der Waals surface area (Å²) in [7, 11) is 4.15. The van der Waals surface area contributed by atoms with Crippen molar-refractivity contribution in [3.8, 4) is 11.6 Å². The Labute approximate surface area is 285 Å². The molecule has 3 amide bonds. The number of aliphatic carboxylic acids is 1. The van der Waals surface area contributed by atoms with Crippen molar-refractivity contribution in [1.82, 2.24) is 24.8 Å². The Morgan fingerprint density at radius 2 is 1.56 bits per heavy atom. The zero-order chi connectivity index (χ0) is 36.4. The van der Waals surface area contributed by atoms with Crippen LogP contribution >= 0.6 is 0 Å². The minimum atomic E-state index is -1.62. The van der Waals surface area contributed by atoms with Gasteiger partial charge >= 0.3 is 5.97 Å². The number of hydrogen-bond donors (Lipinski definition) is 3. The molecule has 0 saturated carbocycles. The van der Waals surface area contributed by atoms with E-state index in [2.05, 4.69) is 9.97 Å². The molecule has 2 aromatic heterocycles. The first-order chi connectivity index (χ1) is 24.0. The lowest BCUT2D eigenvalue weighted by Gasteiger charge is -2.34. The summed E-state index contributed by atoms with van der Waals surface area (Å²) >= 11 is 0. The topological polar surface area (TPSA) is 192 Å². The summed E-state index contributed by atoms with van der Waals surface area (Å²) in [5.41, 5.74) is 1.86. The highest BCUT2D eigenvalue weighted by molar-refractivity contribution is 6.45. The van der Waals surface area contributed by atoms with Crippen molar-refractivity contribution in [3.05, 3.63) is 101 Å². The van der Waals surface area contributed by atoms with Gasteiger partial charge in [0.1, 0.15) is 17.1 Å². The SMILES string of the molecule is CON(Cc1ccc(F)cc1)C(=O)/C=C(\O)C(=O)O.COc1ncc(OC)c2c(C(=O)C(=O)N3CCN(C(=O)c4ccccc4)CC3)c[nH]c12. The molecular formula is C34H34FN5O10. The first kappa shape index (κ1) is 36.5. The van der Waals surface area contributed by atoms with Crippen molar-refractivity contribution >= 4 is 40.4 Å². The van der Waals surface area contributed by atoms with Gasteiger partial charge in [0.15, 0.2) is 0 Å². The van der Waals surface area contributed by atoms with E-state index in [0.717, 1.165) is 5.06 Å². The van der Waals surface area contributed by atoms with E-state index in [1.54, 1.807) is 17.0 Å². The van der Waals surface area contributed by atoms with Crippen LogP contribution in [-0.2, 0) is 25.8 Å². The van der Waals surface area contributed by atoms with Gasteiger partial charge in [0, 0.05) is 37.9 Å². The Balaban J connectivity index is 0.000000255. The molecule has 1 saturated heterocycles. The summed E-state index contributed by atoms with van der Waals surface area (Å²) in [5.74, 6) is -4.65. The van der Waals surface area contributed by atoms with E-state index < -0.39 is 35.1 Å². The van der Waals surface area contributed by atoms with Crippen molar-refractivity contribution in [2.24, 2.45) is 0 Å². The van der Waals surface area contributed by atoms with Crippen LogP contribution in [0.5, 0.6) is 11.6 Å². The highest BCUT2D eigenvalue weighted by atomic mass is 19.1. The van der Waals surface area contributed by atoms with Gasteiger partial charge in [-0.2, -0.15) is 0 Å². The molecule has 50 heavy (non-hydrogen) atoms. The fourth-order valence-corrected chi connectivity index (χ4v) is 4.96. The lowest BCUT2D eigenvalue weighted by molar-refractivity contribution is -0.173. The van der Waals surface area contributed by atoms with Gasteiger partial charge in [-0.3, -0.25) is 24.0 Å². The summed E-state index contributed by atoms with van der Waals surface area (Å²) in [4.78, 5) is 75.5. The van der Waals surface area contributed by atoms with Crippen LogP contribution in [0.2, 0.25) is 0 Å². The van der Waals surface area contributed by atoms with E-state index in [4.69, 9.17) is 24.5 Å². The number of fused-ring (bicyclic) bond motifs is 1. The molecule has 3 heterocycles. The number of benzene rings is 2. The van der Waals surface area contributed by atoms with Crippen LogP contribution in [-0.4, -0.2) is 112 Å². The molecule has 0 radical (unpaired) electrons. The van der Waals surface area contributed by atoms with E-state index in [-0.39, 0.29) is 31.1 Å². The number of ketones is 1. The first-order valence-electron chi connectivity index (χ1n) is 15.0. The Hall–Kier alpha value is -6.29. The fourth-order valence-electron chi connectivity index (χ4n) is 4.96. The normalized spacial score (nSPS) is 12.8. The molecular weight excluding hydrogens is 657 g/mol. The molecule has 0 atom stereocenters. The minimum Gasteiger partial charge on any atom is -0.502 e. The molecule has 5 rings (SSSR count). The van der Waals surface area contributed by atoms with Gasteiger partial charge in [0.25, 0.3) is 23.5 Å². The molecule has 1 aliphatic heterocycles. The van der Waals surface area contributed by atoms with E-state index >= 15 is 0 Å². The number of methoxy groups -OCH3 is 2. The van der Waals surface area contributed by atoms with Gasteiger partial charge < -0.3 is 34.5 Å². The van der Waals surface area contributed by atoms with Crippen molar-refractivity contribution in [3.63, 3.8) is 0 Å². The van der Waals surface area contributed by atoms with Gasteiger partial charge in [-0.1, -0.05) is 30.3 Å². The third kappa shape index (κ3) is 8.59. The highest BCUT2D eigenvalue weighted by Crippen LogP contribution is 2.33. The van der Waals surface area contributed by atoms with Crippen molar-refractivity contribution in [2.45, 2.75) is 6.54 Å². The predicted molar refractivity (Wildman–Crippen MR) is 175 cm³/mol. The molecule has 0 unspecified atom stereocenters. The zero-order valence-electron chi connectivity index (χ0n) is 27.3. The minimum absolute atomic E-state index is 0.0149. The number of ether oxygens (including phenoxy) is 2. The number of carboxylic acids is 1. The molecule has 262 valence electrons. The number of aromatic amines is 1. The average Bonchev–Trinajstić information content (AvgIpc) is 3.59. The summed E-state index contributed by atoms with van der Waals surface area (Å²) in [6, 6.07) is 14.3. The third-order valence-electron chi connectivity index (χ3n) is 7.55. The molecule has 1 aliphatic rings. The number of hydroxylamine groups is 2. The summed E-state index contributed by atoms with van der Waals surface area (Å²) in [5, 5.41) is 18.7. The van der Waals surface area contributed by atoms with Crippen molar-refractivity contribution in [1.29, 1.82) is 0 Å². The average molecular weight is 692 g/mol. The van der Waals surface area contributed by atoms with Crippen molar-refractivity contribution < 1.29 is 52.9 Å². The molecule has 0 spiro atoms. The molecule has 2 aromatic carbocycles. The second kappa shape index (κ2) is 16.7. The number of H-pyrrole nitrogens is 1. The maximum atomic E-state index is 13.0. The standard InChI is InChI=1S/C22H22N4O5.C12H12FNO5/c1-30-16-13-24-20(31-2)18-17(16)15(12-23-18)19(27)22(29)26-10-8-25(9-11-26)21(28)14-6-4-3-5-7-14;1-19-14(11(16)6-10(15)12(17)18)7-8-2-4-9(13)5-3-8/h3-7,12-13,23H,8-11H2,1-2H3;2-6,15H,7H2,1H3,(H,17,18)/b;10-6-. The van der Waals surface area contributed by atoms with Gasteiger partial charge in [-0.25, -0.2) is 19.2 Å². The molecule has 15 nitrogen and oxygen atoms in total. The zero-order valence-corrected chi connectivity index (χ0v) is 27.3. The van der Waals surface area contributed by atoms with E-state index in [9.17, 15) is 28.4 Å². The second-order valence-corrected chi connectivity index (χ2v) is 10.6. The number of halogens is 1. The number of piperazine rings is 1. The number of carbonyl (C=O) groups excluding carboxylic acids is 4. The van der Waals surface area contributed by atoms with Crippen LogP contribution in [0, 0.1) is 5.82 Å². The molecule has 3 N–H and O–H groups in total. The summed E-state index contributed by atoms with van der Waals surface area (Å²) in [6.07, 6.45) is 3.44. The highest BCUT2D eigenvalue weighted by Gasteiger charge is 2.31. The maximum absolute atomic E-state index is 13.0. The van der Waals surface area contributed by atoms with Gasteiger partial charge in [0.05, 0.1) is 51.1 Å². The number of aliphatic hydroxyl groups is 1. The quantitative estimate of drug-likeness (QED) is 0.0728. The summed E-state index contributed by atoms with van der Waals surface area (Å²) < 4.78 is 23.3.